The van der Waals surface area contributed by atoms with Crippen LogP contribution in [-0.2, 0) is 4.79 Å². The first-order valence-corrected chi connectivity index (χ1v) is 9.33. The van der Waals surface area contributed by atoms with Gasteiger partial charge < -0.3 is 30.3 Å². The number of rotatable bonds is 9. The first kappa shape index (κ1) is 21.3. The number of anilines is 1. The van der Waals surface area contributed by atoms with Crippen LogP contribution >= 0.6 is 0 Å². The van der Waals surface area contributed by atoms with Gasteiger partial charge in [0.25, 0.3) is 0 Å². The molecule has 0 saturated heterocycles. The summed E-state index contributed by atoms with van der Waals surface area (Å²) >= 11 is 0. The van der Waals surface area contributed by atoms with Crippen LogP contribution in [0.25, 0.3) is 0 Å². The van der Waals surface area contributed by atoms with Gasteiger partial charge in [-0.25, -0.2) is 9.37 Å². The number of pyridine rings is 1. The molecule has 2 aromatic rings. The van der Waals surface area contributed by atoms with Crippen molar-refractivity contribution in [1.29, 1.82) is 0 Å². The number of hydrogen-bond acceptors (Lipinski definition) is 7. The molecule has 1 amide bonds. The molecular formula is C20H23F2N5O3. The molecule has 30 heavy (non-hydrogen) atoms. The van der Waals surface area contributed by atoms with E-state index < -0.39 is 11.6 Å². The summed E-state index contributed by atoms with van der Waals surface area (Å²) in [4.78, 5) is 18.8. The van der Waals surface area contributed by atoms with Gasteiger partial charge in [0, 0.05) is 44.5 Å². The van der Waals surface area contributed by atoms with Gasteiger partial charge in [-0.1, -0.05) is 0 Å². The zero-order valence-electron chi connectivity index (χ0n) is 16.5. The van der Waals surface area contributed by atoms with Crippen molar-refractivity contribution < 1.29 is 23.0 Å². The number of benzene rings is 1. The molecule has 0 radical (unpaired) electrons. The van der Waals surface area contributed by atoms with Crippen molar-refractivity contribution >= 4 is 11.6 Å². The Bertz CT molecular complexity index is 908. The molecule has 1 aliphatic heterocycles. The van der Waals surface area contributed by atoms with E-state index in [0.29, 0.717) is 32.1 Å². The number of nitrogens with one attached hydrogen (secondary N) is 1. The van der Waals surface area contributed by atoms with E-state index in [0.717, 1.165) is 0 Å². The predicted molar refractivity (Wildman–Crippen MR) is 107 cm³/mol. The first-order valence-electron chi connectivity index (χ1n) is 9.33. The molecule has 8 nitrogen and oxygen atoms in total. The van der Waals surface area contributed by atoms with Crippen molar-refractivity contribution in [3.63, 3.8) is 0 Å². The number of methoxy groups -OCH3 is 1. The molecule has 0 fully saturated rings. The molecular weight excluding hydrogens is 396 g/mol. The molecule has 160 valence electrons. The van der Waals surface area contributed by atoms with Crippen LogP contribution in [0, 0.1) is 11.6 Å². The Labute approximate surface area is 172 Å². The highest BCUT2D eigenvalue weighted by Crippen LogP contribution is 2.32. The number of hydrogen-bond donors (Lipinski definition) is 2. The van der Waals surface area contributed by atoms with E-state index in [9.17, 15) is 13.6 Å². The minimum atomic E-state index is -1.11. The highest BCUT2D eigenvalue weighted by Gasteiger charge is 2.22. The molecule has 0 unspecified atom stereocenters. The summed E-state index contributed by atoms with van der Waals surface area (Å²) in [5, 5.41) is 2.75. The van der Waals surface area contributed by atoms with Gasteiger partial charge in [0.1, 0.15) is 5.75 Å². The lowest BCUT2D eigenvalue weighted by Gasteiger charge is -2.22. The molecule has 0 spiro atoms. The Hall–Kier alpha value is -3.40. The molecule has 3 rings (SSSR count). The largest absolute Gasteiger partial charge is 0.495 e. The monoisotopic (exact) mass is 419 g/mol. The molecule has 0 bridgehead atoms. The third-order valence-electron chi connectivity index (χ3n) is 4.38. The number of nitrogens with zero attached hydrogens (tertiary/aromatic N) is 3. The molecule has 1 aromatic heterocycles. The van der Waals surface area contributed by atoms with Crippen molar-refractivity contribution in [3.8, 4) is 17.4 Å². The Balaban J connectivity index is 1.60. The topological polar surface area (TPSA) is 93.0 Å². The summed E-state index contributed by atoms with van der Waals surface area (Å²) in [7, 11) is 1.50. The lowest BCUT2D eigenvalue weighted by atomic mass is 10.2. The van der Waals surface area contributed by atoms with E-state index in [1.807, 2.05) is 4.90 Å². The van der Waals surface area contributed by atoms with Crippen molar-refractivity contribution in [3.05, 3.63) is 54.5 Å². The van der Waals surface area contributed by atoms with Crippen molar-refractivity contribution in [1.82, 2.24) is 15.2 Å². The van der Waals surface area contributed by atoms with Crippen molar-refractivity contribution in [2.45, 2.75) is 6.42 Å². The second kappa shape index (κ2) is 9.88. The molecule has 0 aliphatic carbocycles. The van der Waals surface area contributed by atoms with Gasteiger partial charge in [0.15, 0.2) is 11.6 Å². The smallest absolute Gasteiger partial charge is 0.221 e. The number of ether oxygens (including phenoxy) is 2. The summed E-state index contributed by atoms with van der Waals surface area (Å²) in [5.41, 5.74) is 5.40. The molecule has 0 atom stereocenters. The Morgan fingerprint density at radius 1 is 1.23 bits per heavy atom. The maximum Gasteiger partial charge on any atom is 0.221 e. The molecule has 3 N–H and O–H groups in total. The average molecular weight is 419 g/mol. The summed E-state index contributed by atoms with van der Waals surface area (Å²) < 4.78 is 39.5. The molecule has 10 heteroatoms. The van der Waals surface area contributed by atoms with E-state index in [2.05, 4.69) is 10.3 Å². The lowest BCUT2D eigenvalue weighted by Crippen LogP contribution is -2.35. The number of amides is 1. The van der Waals surface area contributed by atoms with Gasteiger partial charge in [-0.3, -0.25) is 4.79 Å². The normalized spacial score (nSPS) is 12.9. The predicted octanol–water partition coefficient (Wildman–Crippen LogP) is 2.18. The van der Waals surface area contributed by atoms with Gasteiger partial charge in [0.05, 0.1) is 25.7 Å². The first-order chi connectivity index (χ1) is 14.5. The zero-order valence-corrected chi connectivity index (χ0v) is 16.5. The standard InChI is InChI=1S/C20H23F2N5O3/c1-29-14-2-5-18(25-12-14)30-16-4-3-15(19(21)20(16)22)27-11-10-26(13-27)9-8-24-17(28)6-7-23/h2-5,10-12H,6-9,13,23H2,1H3,(H,24,28). The lowest BCUT2D eigenvalue weighted by molar-refractivity contribution is -0.120. The van der Waals surface area contributed by atoms with Gasteiger partial charge in [-0.2, -0.15) is 4.39 Å². The average Bonchev–Trinajstić information content (AvgIpc) is 3.21. The number of halogens is 2. The summed E-state index contributed by atoms with van der Waals surface area (Å²) in [6, 6.07) is 5.89. The molecule has 2 heterocycles. The van der Waals surface area contributed by atoms with E-state index in [1.54, 1.807) is 23.4 Å². The fourth-order valence-corrected chi connectivity index (χ4v) is 2.81. The van der Waals surface area contributed by atoms with Crippen LogP contribution in [0.1, 0.15) is 6.42 Å². The van der Waals surface area contributed by atoms with Crippen LogP contribution in [0.3, 0.4) is 0 Å². The summed E-state index contributed by atoms with van der Waals surface area (Å²) in [6.07, 6.45) is 5.08. The minimum absolute atomic E-state index is 0.0773. The van der Waals surface area contributed by atoms with E-state index >= 15 is 0 Å². The van der Waals surface area contributed by atoms with Crippen molar-refractivity contribution in [2.75, 3.05) is 38.3 Å². The number of nitrogens with two attached hydrogens (primary N) is 1. The van der Waals surface area contributed by atoms with Gasteiger partial charge in [-0.15, -0.1) is 0 Å². The van der Waals surface area contributed by atoms with Gasteiger partial charge >= 0.3 is 0 Å². The highest BCUT2D eigenvalue weighted by molar-refractivity contribution is 5.76. The van der Waals surface area contributed by atoms with E-state index in [4.69, 9.17) is 15.2 Å². The van der Waals surface area contributed by atoms with E-state index in [-0.39, 0.29) is 29.6 Å². The zero-order chi connectivity index (χ0) is 21.5. The fourth-order valence-electron chi connectivity index (χ4n) is 2.81. The maximum atomic E-state index is 14.6. The molecule has 0 saturated carbocycles. The number of aromatic nitrogens is 1. The summed E-state index contributed by atoms with van der Waals surface area (Å²) in [5.74, 6) is -1.88. The van der Waals surface area contributed by atoms with Crippen LogP contribution in [0.4, 0.5) is 14.5 Å². The second-order valence-electron chi connectivity index (χ2n) is 6.46. The quantitative estimate of drug-likeness (QED) is 0.644. The third kappa shape index (κ3) is 5.15. The Morgan fingerprint density at radius 3 is 2.77 bits per heavy atom. The van der Waals surface area contributed by atoms with Crippen LogP contribution in [0.2, 0.25) is 0 Å². The second-order valence-corrected chi connectivity index (χ2v) is 6.46. The van der Waals surface area contributed by atoms with Crippen LogP contribution in [-0.4, -0.2) is 49.2 Å². The molecule has 1 aromatic carbocycles. The Kier molecular flexibility index (Phi) is 7.02. The maximum absolute atomic E-state index is 14.6. The molecule has 1 aliphatic rings. The summed E-state index contributed by atoms with van der Waals surface area (Å²) in [6.45, 7) is 1.57. The van der Waals surface area contributed by atoms with Gasteiger partial charge in [0.2, 0.25) is 17.6 Å². The fraction of sp³-hybridized carbons (Fsp3) is 0.300. The van der Waals surface area contributed by atoms with Gasteiger partial charge in [-0.05, 0) is 18.2 Å². The number of carbonyl (C=O) groups is 1. The van der Waals surface area contributed by atoms with Crippen LogP contribution in [0.15, 0.2) is 42.9 Å². The minimum Gasteiger partial charge on any atom is -0.495 e. The highest BCUT2D eigenvalue weighted by atomic mass is 19.2. The van der Waals surface area contributed by atoms with Crippen LogP contribution < -0.4 is 25.4 Å². The SMILES string of the molecule is COc1ccc(Oc2ccc(N3C=CN(CCNC(=O)CCN)C3)c(F)c2F)nc1. The van der Waals surface area contributed by atoms with Crippen molar-refractivity contribution in [2.24, 2.45) is 5.73 Å². The Morgan fingerprint density at radius 2 is 2.07 bits per heavy atom. The number of carbonyl (C=O) groups excluding carboxylic acids is 1. The van der Waals surface area contributed by atoms with Crippen LogP contribution in [0.5, 0.6) is 17.4 Å². The third-order valence-corrected chi connectivity index (χ3v) is 4.38. The van der Waals surface area contributed by atoms with E-state index in [1.165, 1.54) is 31.5 Å².